The van der Waals surface area contributed by atoms with Crippen LogP contribution in [0.1, 0.15) is 103 Å². The first kappa shape index (κ1) is 22.4. The van der Waals surface area contributed by atoms with Gasteiger partial charge in [-0.05, 0) is 6.42 Å². The Kier molecular flexibility index (Phi) is 19.0. The summed E-state index contributed by atoms with van der Waals surface area (Å²) in [6, 6.07) is 1.46. The molecule has 23 heavy (non-hydrogen) atoms. The van der Waals surface area contributed by atoms with E-state index in [2.05, 4.69) is 12.3 Å². The van der Waals surface area contributed by atoms with E-state index in [9.17, 15) is 4.79 Å². The van der Waals surface area contributed by atoms with Crippen LogP contribution in [0, 0.1) is 0 Å². The summed E-state index contributed by atoms with van der Waals surface area (Å²) in [5.74, 6) is -0.653. The lowest BCUT2D eigenvalue weighted by molar-refractivity contribution is -0.137. The van der Waals surface area contributed by atoms with Crippen molar-refractivity contribution in [2.24, 2.45) is 0 Å². The SMILES string of the molecule is C=C[SiH2]CCCCCCCCCCCCCCCCCC(=O)O. The largest absolute Gasteiger partial charge is 0.481 e. The van der Waals surface area contributed by atoms with Gasteiger partial charge in [0.2, 0.25) is 0 Å². The predicted octanol–water partition coefficient (Wildman–Crippen LogP) is 6.04. The van der Waals surface area contributed by atoms with Crippen molar-refractivity contribution in [1.29, 1.82) is 0 Å². The van der Waals surface area contributed by atoms with Gasteiger partial charge in [0, 0.05) is 15.9 Å². The molecule has 0 aromatic heterocycles. The van der Waals surface area contributed by atoms with Crippen molar-refractivity contribution in [3.8, 4) is 0 Å². The summed E-state index contributed by atoms with van der Waals surface area (Å²) >= 11 is 0. The van der Waals surface area contributed by atoms with E-state index in [1.165, 1.54) is 89.5 Å². The average molecular weight is 341 g/mol. The van der Waals surface area contributed by atoms with E-state index in [0.29, 0.717) is 6.42 Å². The van der Waals surface area contributed by atoms with Crippen molar-refractivity contribution in [3.63, 3.8) is 0 Å². The van der Waals surface area contributed by atoms with Crippen LogP contribution in [0.25, 0.3) is 0 Å². The predicted molar refractivity (Wildman–Crippen MR) is 105 cm³/mol. The molecule has 0 aliphatic carbocycles. The van der Waals surface area contributed by atoms with Gasteiger partial charge in [-0.25, -0.2) is 0 Å². The fourth-order valence-electron chi connectivity index (χ4n) is 3.04. The standard InChI is InChI=1S/C20H40O2Si/c1-2-23-19-17-15-13-11-9-7-5-3-4-6-8-10-12-14-16-18-20(21)22/h2H,1,3-19,23H2,(H,21,22). The summed E-state index contributed by atoms with van der Waals surface area (Å²) in [6.45, 7) is 3.82. The molecule has 0 amide bonds. The molecule has 0 aromatic carbocycles. The van der Waals surface area contributed by atoms with Gasteiger partial charge in [-0.2, -0.15) is 0 Å². The smallest absolute Gasteiger partial charge is 0.303 e. The number of rotatable bonds is 19. The van der Waals surface area contributed by atoms with Crippen LogP contribution in [0.5, 0.6) is 0 Å². The highest BCUT2D eigenvalue weighted by molar-refractivity contribution is 6.41. The van der Waals surface area contributed by atoms with Crippen molar-refractivity contribution in [1.82, 2.24) is 0 Å². The third kappa shape index (κ3) is 21.4. The highest BCUT2D eigenvalue weighted by Crippen LogP contribution is 2.14. The molecule has 0 bridgehead atoms. The summed E-state index contributed by atoms with van der Waals surface area (Å²) in [6.07, 6.45) is 20.3. The summed E-state index contributed by atoms with van der Waals surface area (Å²) in [5, 5.41) is 8.55. The number of aliphatic carboxylic acids is 1. The monoisotopic (exact) mass is 340 g/mol. The molecule has 0 fully saturated rings. The van der Waals surface area contributed by atoms with Crippen molar-refractivity contribution in [2.45, 2.75) is 109 Å². The molecule has 0 radical (unpaired) electrons. The molecular formula is C20H40O2Si. The average Bonchev–Trinajstić information content (AvgIpc) is 2.53. The number of hydrogen-bond acceptors (Lipinski definition) is 1. The van der Waals surface area contributed by atoms with Crippen molar-refractivity contribution < 1.29 is 9.90 Å². The van der Waals surface area contributed by atoms with Crippen LogP contribution < -0.4 is 0 Å². The second-order valence-electron chi connectivity index (χ2n) is 6.88. The molecule has 0 rings (SSSR count). The molecule has 0 aliphatic heterocycles. The zero-order valence-electron chi connectivity index (χ0n) is 15.4. The Balaban J connectivity index is 2.97. The fourth-order valence-corrected chi connectivity index (χ4v) is 3.97. The van der Waals surface area contributed by atoms with E-state index < -0.39 is 5.97 Å². The Bertz CT molecular complexity index is 266. The molecule has 0 unspecified atom stereocenters. The normalized spacial score (nSPS) is 11.3. The maximum Gasteiger partial charge on any atom is 0.303 e. The molecule has 0 spiro atoms. The third-order valence-corrected chi connectivity index (χ3v) is 5.87. The van der Waals surface area contributed by atoms with Crippen molar-refractivity contribution in [3.05, 3.63) is 12.3 Å². The van der Waals surface area contributed by atoms with E-state index in [-0.39, 0.29) is 9.52 Å². The molecule has 136 valence electrons. The summed E-state index contributed by atoms with van der Waals surface area (Å²) in [5.41, 5.74) is 2.17. The van der Waals surface area contributed by atoms with Crippen LogP contribution in [0.4, 0.5) is 0 Å². The number of unbranched alkanes of at least 4 members (excludes halogenated alkanes) is 14. The zero-order chi connectivity index (χ0) is 17.0. The van der Waals surface area contributed by atoms with Gasteiger partial charge in [-0.1, -0.05) is 95.9 Å². The second-order valence-corrected chi connectivity index (χ2v) is 8.74. The number of hydrogen-bond donors (Lipinski definition) is 1. The van der Waals surface area contributed by atoms with Crippen LogP contribution in [0.3, 0.4) is 0 Å². The van der Waals surface area contributed by atoms with Crippen LogP contribution in [-0.2, 0) is 4.79 Å². The molecule has 0 saturated heterocycles. The maximum atomic E-state index is 10.4. The van der Waals surface area contributed by atoms with Crippen LogP contribution >= 0.6 is 0 Å². The first-order chi connectivity index (χ1) is 11.3. The zero-order valence-corrected chi connectivity index (χ0v) is 16.8. The van der Waals surface area contributed by atoms with E-state index >= 15 is 0 Å². The molecule has 2 nitrogen and oxygen atoms in total. The van der Waals surface area contributed by atoms with Crippen LogP contribution in [-0.4, -0.2) is 20.6 Å². The molecule has 0 heterocycles. The Morgan fingerprint density at radius 3 is 1.39 bits per heavy atom. The van der Waals surface area contributed by atoms with E-state index in [1.807, 2.05) is 0 Å². The maximum absolute atomic E-state index is 10.4. The molecule has 0 aromatic rings. The van der Waals surface area contributed by atoms with Gasteiger partial charge < -0.3 is 5.11 Å². The fraction of sp³-hybridized carbons (Fsp3) is 0.850. The Morgan fingerprint density at radius 1 is 0.696 bits per heavy atom. The first-order valence-corrected chi connectivity index (χ1v) is 11.9. The van der Waals surface area contributed by atoms with Gasteiger partial charge >= 0.3 is 5.97 Å². The Labute approximate surface area is 147 Å². The molecule has 0 saturated carbocycles. The summed E-state index contributed by atoms with van der Waals surface area (Å²) < 4.78 is 0. The lowest BCUT2D eigenvalue weighted by Crippen LogP contribution is -1.93. The lowest BCUT2D eigenvalue weighted by atomic mass is 10.0. The quantitative estimate of drug-likeness (QED) is 0.230. The Hall–Kier alpha value is -0.573. The van der Waals surface area contributed by atoms with E-state index in [0.717, 1.165) is 12.8 Å². The highest BCUT2D eigenvalue weighted by atomic mass is 28.2. The van der Waals surface area contributed by atoms with Gasteiger partial charge in [-0.15, -0.1) is 12.3 Å². The molecule has 0 aliphatic rings. The topological polar surface area (TPSA) is 37.3 Å². The van der Waals surface area contributed by atoms with Gasteiger partial charge in [0.25, 0.3) is 0 Å². The summed E-state index contributed by atoms with van der Waals surface area (Å²) in [4.78, 5) is 10.4. The minimum Gasteiger partial charge on any atom is -0.481 e. The van der Waals surface area contributed by atoms with Crippen LogP contribution in [0.15, 0.2) is 12.3 Å². The minimum atomic E-state index is -0.653. The van der Waals surface area contributed by atoms with Crippen molar-refractivity contribution >= 4 is 15.5 Å². The van der Waals surface area contributed by atoms with Crippen LogP contribution in [0.2, 0.25) is 6.04 Å². The highest BCUT2D eigenvalue weighted by Gasteiger charge is 1.97. The van der Waals surface area contributed by atoms with Gasteiger partial charge in [0.1, 0.15) is 0 Å². The molecule has 0 atom stereocenters. The second kappa shape index (κ2) is 19.5. The molecule has 3 heteroatoms. The lowest BCUT2D eigenvalue weighted by Gasteiger charge is -2.03. The van der Waals surface area contributed by atoms with E-state index in [1.54, 1.807) is 0 Å². The minimum absolute atomic E-state index is 0.0941. The number of carbonyl (C=O) groups is 1. The molecular weight excluding hydrogens is 300 g/mol. The number of carboxylic acids is 1. The first-order valence-electron chi connectivity index (χ1n) is 10.1. The van der Waals surface area contributed by atoms with Gasteiger partial charge in [0.05, 0.1) is 0 Å². The van der Waals surface area contributed by atoms with Crippen molar-refractivity contribution in [2.75, 3.05) is 0 Å². The number of carboxylic acid groups (broad SMARTS) is 1. The van der Waals surface area contributed by atoms with Gasteiger partial charge in [0.15, 0.2) is 0 Å². The Morgan fingerprint density at radius 2 is 1.04 bits per heavy atom. The van der Waals surface area contributed by atoms with Gasteiger partial charge in [-0.3, -0.25) is 4.79 Å². The molecule has 1 N–H and O–H groups in total. The summed E-state index contributed by atoms with van der Waals surface area (Å²) in [7, 11) is 0.0941. The van der Waals surface area contributed by atoms with E-state index in [4.69, 9.17) is 5.11 Å². The third-order valence-electron chi connectivity index (χ3n) is 4.55.